The number of phenolic OH excluding ortho intramolecular Hbond substituents is 1. The van der Waals surface area contributed by atoms with E-state index in [-0.39, 0.29) is 11.5 Å². The van der Waals surface area contributed by atoms with Gasteiger partial charge in [-0.15, -0.1) is 0 Å². The Kier molecular flexibility index (Phi) is 2.91. The van der Waals surface area contributed by atoms with E-state index in [4.69, 9.17) is 14.3 Å². The number of fused-ring (bicyclic) bond motifs is 2. The minimum atomic E-state index is -4.69. The molecular formula is C14H11O5P. The van der Waals surface area contributed by atoms with Crippen LogP contribution in [0.25, 0.3) is 21.5 Å². The highest BCUT2D eigenvalue weighted by molar-refractivity contribution is 7.46. The number of aromatic hydroxyl groups is 1. The zero-order chi connectivity index (χ0) is 14.3. The largest absolute Gasteiger partial charge is 0.524 e. The highest BCUT2D eigenvalue weighted by Gasteiger charge is 2.21. The van der Waals surface area contributed by atoms with Crippen molar-refractivity contribution in [2.75, 3.05) is 0 Å². The van der Waals surface area contributed by atoms with E-state index < -0.39 is 7.82 Å². The van der Waals surface area contributed by atoms with Crippen molar-refractivity contribution in [2.45, 2.75) is 0 Å². The molecule has 0 aliphatic carbocycles. The monoisotopic (exact) mass is 290 g/mol. The quantitative estimate of drug-likeness (QED) is 0.498. The van der Waals surface area contributed by atoms with Crippen LogP contribution in [-0.2, 0) is 4.57 Å². The first-order valence-electron chi connectivity index (χ1n) is 5.85. The van der Waals surface area contributed by atoms with E-state index in [0.717, 1.165) is 0 Å². The Morgan fingerprint density at radius 2 is 1.20 bits per heavy atom. The van der Waals surface area contributed by atoms with Gasteiger partial charge < -0.3 is 9.63 Å². The van der Waals surface area contributed by atoms with Gasteiger partial charge >= 0.3 is 7.82 Å². The SMILES string of the molecule is O=P(O)(O)Oc1c2ccccc2c(O)c2ccccc12. The first-order chi connectivity index (χ1) is 9.47. The summed E-state index contributed by atoms with van der Waals surface area (Å²) in [7, 11) is -4.69. The van der Waals surface area contributed by atoms with Crippen molar-refractivity contribution < 1.29 is 24.0 Å². The van der Waals surface area contributed by atoms with Crippen molar-refractivity contribution in [3.63, 3.8) is 0 Å². The average molecular weight is 290 g/mol. The zero-order valence-corrected chi connectivity index (χ0v) is 11.1. The van der Waals surface area contributed by atoms with Crippen molar-refractivity contribution in [2.24, 2.45) is 0 Å². The molecule has 0 saturated carbocycles. The summed E-state index contributed by atoms with van der Waals surface area (Å²) in [6, 6.07) is 13.5. The van der Waals surface area contributed by atoms with Gasteiger partial charge in [-0.25, -0.2) is 4.57 Å². The van der Waals surface area contributed by atoms with E-state index in [1.807, 2.05) is 0 Å². The predicted octanol–water partition coefficient (Wildman–Crippen LogP) is 3.17. The summed E-state index contributed by atoms with van der Waals surface area (Å²) in [5, 5.41) is 12.1. The van der Waals surface area contributed by atoms with Gasteiger partial charge in [-0.1, -0.05) is 48.5 Å². The topological polar surface area (TPSA) is 87.0 Å². The second kappa shape index (κ2) is 4.49. The zero-order valence-electron chi connectivity index (χ0n) is 10.2. The molecule has 0 fully saturated rings. The van der Waals surface area contributed by atoms with E-state index in [2.05, 4.69) is 0 Å². The van der Waals surface area contributed by atoms with Crippen LogP contribution in [0.15, 0.2) is 48.5 Å². The third-order valence-corrected chi connectivity index (χ3v) is 3.48. The fourth-order valence-electron chi connectivity index (χ4n) is 2.28. The van der Waals surface area contributed by atoms with Crippen molar-refractivity contribution in [1.29, 1.82) is 0 Å². The fourth-order valence-corrected chi connectivity index (χ4v) is 2.72. The molecule has 20 heavy (non-hydrogen) atoms. The molecule has 0 aliphatic heterocycles. The number of phenols is 1. The van der Waals surface area contributed by atoms with Gasteiger partial charge in [0.2, 0.25) is 0 Å². The molecule has 0 radical (unpaired) electrons. The molecular weight excluding hydrogens is 279 g/mol. The normalized spacial score (nSPS) is 11.9. The van der Waals surface area contributed by atoms with Crippen LogP contribution in [0.5, 0.6) is 11.5 Å². The first-order valence-corrected chi connectivity index (χ1v) is 7.38. The lowest BCUT2D eigenvalue weighted by molar-refractivity contribution is 0.285. The molecule has 0 amide bonds. The lowest BCUT2D eigenvalue weighted by atomic mass is 10.0. The van der Waals surface area contributed by atoms with Gasteiger partial charge in [-0.05, 0) is 0 Å². The van der Waals surface area contributed by atoms with Gasteiger partial charge in [0.1, 0.15) is 11.5 Å². The van der Waals surface area contributed by atoms with E-state index in [1.165, 1.54) is 0 Å². The maximum Gasteiger partial charge on any atom is 0.524 e. The Morgan fingerprint density at radius 3 is 1.60 bits per heavy atom. The summed E-state index contributed by atoms with van der Waals surface area (Å²) < 4.78 is 16.0. The van der Waals surface area contributed by atoms with Gasteiger partial charge in [-0.3, -0.25) is 9.79 Å². The van der Waals surface area contributed by atoms with Gasteiger partial charge in [0.05, 0.1) is 0 Å². The second-order valence-corrected chi connectivity index (χ2v) is 5.51. The van der Waals surface area contributed by atoms with Crippen LogP contribution in [-0.4, -0.2) is 14.9 Å². The van der Waals surface area contributed by atoms with Crippen molar-refractivity contribution >= 4 is 29.4 Å². The molecule has 102 valence electrons. The molecule has 0 aromatic heterocycles. The summed E-state index contributed by atoms with van der Waals surface area (Å²) in [6.07, 6.45) is 0. The lowest BCUT2D eigenvalue weighted by Gasteiger charge is -2.14. The number of rotatable bonds is 2. The minimum Gasteiger partial charge on any atom is -0.507 e. The highest BCUT2D eigenvalue weighted by Crippen LogP contribution is 2.47. The Hall–Kier alpha value is -2.07. The molecule has 3 rings (SSSR count). The molecule has 5 nitrogen and oxygen atoms in total. The molecule has 0 bridgehead atoms. The molecule has 3 aromatic carbocycles. The Balaban J connectivity index is 2.49. The summed E-state index contributed by atoms with van der Waals surface area (Å²) in [6.45, 7) is 0. The Labute approximate surface area is 114 Å². The molecule has 3 aromatic rings. The van der Waals surface area contributed by atoms with Gasteiger partial charge in [0.15, 0.2) is 0 Å². The number of benzene rings is 3. The first kappa shape index (κ1) is 12.9. The molecule has 0 spiro atoms. The van der Waals surface area contributed by atoms with Crippen molar-refractivity contribution in [1.82, 2.24) is 0 Å². The van der Waals surface area contributed by atoms with Crippen LogP contribution >= 0.6 is 7.82 Å². The predicted molar refractivity (Wildman–Crippen MR) is 75.8 cm³/mol. The number of phosphoric ester groups is 1. The Morgan fingerprint density at radius 1 is 0.800 bits per heavy atom. The molecule has 3 N–H and O–H groups in total. The third kappa shape index (κ3) is 2.12. The van der Waals surface area contributed by atoms with Crippen LogP contribution in [0.3, 0.4) is 0 Å². The number of hydrogen-bond acceptors (Lipinski definition) is 3. The van der Waals surface area contributed by atoms with Crippen LogP contribution in [0.4, 0.5) is 0 Å². The van der Waals surface area contributed by atoms with Crippen molar-refractivity contribution in [3.8, 4) is 11.5 Å². The van der Waals surface area contributed by atoms with Crippen LogP contribution in [0, 0.1) is 0 Å². The maximum absolute atomic E-state index is 11.2. The van der Waals surface area contributed by atoms with E-state index in [1.54, 1.807) is 48.5 Å². The fraction of sp³-hybridized carbons (Fsp3) is 0. The Bertz CT molecular complexity index is 796. The minimum absolute atomic E-state index is 0.0641. The number of hydrogen-bond donors (Lipinski definition) is 3. The van der Waals surface area contributed by atoms with Gasteiger partial charge in [0.25, 0.3) is 0 Å². The van der Waals surface area contributed by atoms with Crippen LogP contribution in [0.2, 0.25) is 0 Å². The lowest BCUT2D eigenvalue weighted by Crippen LogP contribution is -1.93. The summed E-state index contributed by atoms with van der Waals surface area (Å²) in [4.78, 5) is 18.2. The standard InChI is InChI=1S/C14H11O5P/c15-13-9-5-1-3-7-11(9)14(19-20(16,17)18)12-8-4-2-6-10(12)13/h1-8,15H,(H2,16,17,18). The third-order valence-electron chi connectivity index (χ3n) is 3.06. The molecule has 0 aliphatic rings. The molecule has 6 heteroatoms. The molecule has 0 saturated heterocycles. The molecule has 0 atom stereocenters. The maximum atomic E-state index is 11.2. The van der Waals surface area contributed by atoms with Crippen molar-refractivity contribution in [3.05, 3.63) is 48.5 Å². The molecule has 0 unspecified atom stereocenters. The van der Waals surface area contributed by atoms with E-state index >= 15 is 0 Å². The van der Waals surface area contributed by atoms with Gasteiger partial charge in [0, 0.05) is 21.5 Å². The van der Waals surface area contributed by atoms with Crippen LogP contribution < -0.4 is 4.52 Å². The second-order valence-electron chi connectivity index (χ2n) is 4.35. The highest BCUT2D eigenvalue weighted by atomic mass is 31.2. The summed E-state index contributed by atoms with van der Waals surface area (Å²) in [5.74, 6) is 0.136. The average Bonchev–Trinajstić information content (AvgIpc) is 2.42. The van der Waals surface area contributed by atoms with E-state index in [9.17, 15) is 9.67 Å². The van der Waals surface area contributed by atoms with Crippen LogP contribution in [0.1, 0.15) is 0 Å². The summed E-state index contributed by atoms with van der Waals surface area (Å²) >= 11 is 0. The summed E-state index contributed by atoms with van der Waals surface area (Å²) in [5.41, 5.74) is 0. The smallest absolute Gasteiger partial charge is 0.507 e. The molecule has 0 heterocycles. The van der Waals surface area contributed by atoms with E-state index in [0.29, 0.717) is 21.5 Å². The van der Waals surface area contributed by atoms with Gasteiger partial charge in [-0.2, -0.15) is 0 Å². The number of phosphoric acid groups is 1.